The van der Waals surface area contributed by atoms with Crippen molar-refractivity contribution in [1.29, 1.82) is 0 Å². The van der Waals surface area contributed by atoms with E-state index in [1.54, 1.807) is 37.4 Å². The third kappa shape index (κ3) is 4.33. The third-order valence-corrected chi connectivity index (χ3v) is 2.54. The van der Waals surface area contributed by atoms with Gasteiger partial charge >= 0.3 is 0 Å². The van der Waals surface area contributed by atoms with Gasteiger partial charge in [0.25, 0.3) is 5.91 Å². The Labute approximate surface area is 108 Å². The SMILES string of the molecule is CCCNc1cc(C(=O)N(C)CCOC)ccn1. The summed E-state index contributed by atoms with van der Waals surface area (Å²) in [6.07, 6.45) is 2.67. The van der Waals surface area contributed by atoms with Crippen molar-refractivity contribution < 1.29 is 9.53 Å². The van der Waals surface area contributed by atoms with E-state index in [0.29, 0.717) is 18.7 Å². The maximum atomic E-state index is 12.1. The fourth-order valence-corrected chi connectivity index (χ4v) is 1.46. The third-order valence-electron chi connectivity index (χ3n) is 2.54. The maximum absolute atomic E-state index is 12.1. The van der Waals surface area contributed by atoms with Gasteiger partial charge in [0.2, 0.25) is 0 Å². The molecule has 0 saturated heterocycles. The van der Waals surface area contributed by atoms with Crippen LogP contribution in [-0.4, -0.2) is 49.6 Å². The zero-order chi connectivity index (χ0) is 13.4. The zero-order valence-electron chi connectivity index (χ0n) is 11.3. The number of anilines is 1. The Balaban J connectivity index is 2.67. The molecule has 1 aromatic rings. The van der Waals surface area contributed by atoms with E-state index in [2.05, 4.69) is 17.2 Å². The summed E-state index contributed by atoms with van der Waals surface area (Å²) >= 11 is 0. The van der Waals surface area contributed by atoms with Gasteiger partial charge in [-0.3, -0.25) is 4.79 Å². The molecular weight excluding hydrogens is 230 g/mol. The van der Waals surface area contributed by atoms with Crippen LogP contribution in [0.2, 0.25) is 0 Å². The Morgan fingerprint density at radius 3 is 3.00 bits per heavy atom. The van der Waals surface area contributed by atoms with Crippen LogP contribution in [0.4, 0.5) is 5.82 Å². The minimum atomic E-state index is -0.0194. The summed E-state index contributed by atoms with van der Waals surface area (Å²) in [4.78, 5) is 17.9. The second-order valence-corrected chi connectivity index (χ2v) is 4.08. The van der Waals surface area contributed by atoms with Gasteiger partial charge in [-0.2, -0.15) is 0 Å². The van der Waals surface area contributed by atoms with Crippen molar-refractivity contribution >= 4 is 11.7 Å². The number of hydrogen-bond acceptors (Lipinski definition) is 4. The molecule has 5 nitrogen and oxygen atoms in total. The van der Waals surface area contributed by atoms with Crippen LogP contribution < -0.4 is 5.32 Å². The van der Waals surface area contributed by atoms with Gasteiger partial charge in [-0.25, -0.2) is 4.98 Å². The zero-order valence-corrected chi connectivity index (χ0v) is 11.3. The van der Waals surface area contributed by atoms with Crippen molar-refractivity contribution in [3.05, 3.63) is 23.9 Å². The van der Waals surface area contributed by atoms with Gasteiger partial charge < -0.3 is 15.0 Å². The molecular formula is C13H21N3O2. The molecule has 1 heterocycles. The van der Waals surface area contributed by atoms with E-state index >= 15 is 0 Å². The summed E-state index contributed by atoms with van der Waals surface area (Å²) in [5.41, 5.74) is 0.641. The quantitative estimate of drug-likeness (QED) is 0.800. The van der Waals surface area contributed by atoms with E-state index in [4.69, 9.17) is 4.74 Å². The number of methoxy groups -OCH3 is 1. The smallest absolute Gasteiger partial charge is 0.253 e. The molecule has 100 valence electrons. The van der Waals surface area contributed by atoms with Crippen LogP contribution in [0, 0.1) is 0 Å². The van der Waals surface area contributed by atoms with Crippen LogP contribution >= 0.6 is 0 Å². The molecule has 0 spiro atoms. The number of ether oxygens (including phenoxy) is 1. The molecule has 18 heavy (non-hydrogen) atoms. The predicted molar refractivity (Wildman–Crippen MR) is 71.9 cm³/mol. The molecule has 1 amide bonds. The number of pyridine rings is 1. The summed E-state index contributed by atoms with van der Waals surface area (Å²) in [5.74, 6) is 0.719. The first-order chi connectivity index (χ1) is 8.69. The van der Waals surface area contributed by atoms with Crippen molar-refractivity contribution in [2.45, 2.75) is 13.3 Å². The van der Waals surface area contributed by atoms with Gasteiger partial charge in [0, 0.05) is 39.0 Å². The molecule has 0 aliphatic carbocycles. The van der Waals surface area contributed by atoms with Crippen molar-refractivity contribution in [2.75, 3.05) is 39.2 Å². The average molecular weight is 251 g/mol. The molecule has 0 aliphatic heterocycles. The number of amides is 1. The Kier molecular flexibility index (Phi) is 6.14. The van der Waals surface area contributed by atoms with Crippen LogP contribution in [0.3, 0.4) is 0 Å². The highest BCUT2D eigenvalue weighted by atomic mass is 16.5. The first-order valence-electron chi connectivity index (χ1n) is 6.13. The number of hydrogen-bond donors (Lipinski definition) is 1. The summed E-state index contributed by atoms with van der Waals surface area (Å²) in [6.45, 7) is 4.05. The lowest BCUT2D eigenvalue weighted by Crippen LogP contribution is -2.30. The Hall–Kier alpha value is -1.62. The minimum absolute atomic E-state index is 0.0194. The number of likely N-dealkylation sites (N-methyl/N-ethyl adjacent to an activating group) is 1. The second kappa shape index (κ2) is 7.66. The Bertz CT molecular complexity index is 382. The first-order valence-corrected chi connectivity index (χ1v) is 6.13. The number of carbonyl (C=O) groups is 1. The summed E-state index contributed by atoms with van der Waals surface area (Å²) in [6, 6.07) is 3.50. The molecule has 0 fully saturated rings. The Morgan fingerprint density at radius 1 is 1.56 bits per heavy atom. The Morgan fingerprint density at radius 2 is 2.33 bits per heavy atom. The fourth-order valence-electron chi connectivity index (χ4n) is 1.46. The fraction of sp³-hybridized carbons (Fsp3) is 0.538. The standard InChI is InChI=1S/C13H21N3O2/c1-4-6-14-12-10-11(5-7-15-12)13(17)16(2)8-9-18-3/h5,7,10H,4,6,8-9H2,1-3H3,(H,14,15). The molecule has 0 atom stereocenters. The highest BCUT2D eigenvalue weighted by Crippen LogP contribution is 2.09. The number of aromatic nitrogens is 1. The minimum Gasteiger partial charge on any atom is -0.383 e. The highest BCUT2D eigenvalue weighted by molar-refractivity contribution is 5.94. The summed E-state index contributed by atoms with van der Waals surface area (Å²) < 4.78 is 4.96. The van der Waals surface area contributed by atoms with Crippen LogP contribution in [0.25, 0.3) is 0 Å². The second-order valence-electron chi connectivity index (χ2n) is 4.08. The lowest BCUT2D eigenvalue weighted by molar-refractivity contribution is 0.0744. The van der Waals surface area contributed by atoms with Crippen LogP contribution in [0.5, 0.6) is 0 Å². The number of carbonyl (C=O) groups excluding carboxylic acids is 1. The van der Waals surface area contributed by atoms with Crippen LogP contribution in [0.1, 0.15) is 23.7 Å². The first kappa shape index (κ1) is 14.4. The van der Waals surface area contributed by atoms with Gasteiger partial charge in [-0.15, -0.1) is 0 Å². The van der Waals surface area contributed by atoms with E-state index in [-0.39, 0.29) is 5.91 Å². The molecule has 0 saturated carbocycles. The number of nitrogens with zero attached hydrogens (tertiary/aromatic N) is 2. The van der Waals surface area contributed by atoms with Crippen LogP contribution in [0.15, 0.2) is 18.3 Å². The topological polar surface area (TPSA) is 54.5 Å². The molecule has 0 aliphatic rings. The monoisotopic (exact) mass is 251 g/mol. The van der Waals surface area contributed by atoms with E-state index in [1.165, 1.54) is 0 Å². The van der Waals surface area contributed by atoms with Gasteiger partial charge in [0.1, 0.15) is 5.82 Å². The van der Waals surface area contributed by atoms with E-state index in [0.717, 1.165) is 18.8 Å². The van der Waals surface area contributed by atoms with Crippen molar-refractivity contribution in [2.24, 2.45) is 0 Å². The average Bonchev–Trinajstić information content (AvgIpc) is 2.42. The predicted octanol–water partition coefficient (Wildman–Crippen LogP) is 1.62. The van der Waals surface area contributed by atoms with Crippen molar-refractivity contribution in [1.82, 2.24) is 9.88 Å². The summed E-state index contributed by atoms with van der Waals surface area (Å²) in [7, 11) is 3.39. The van der Waals surface area contributed by atoms with Crippen molar-refractivity contribution in [3.63, 3.8) is 0 Å². The van der Waals surface area contributed by atoms with E-state index in [1.807, 2.05) is 0 Å². The van der Waals surface area contributed by atoms with E-state index < -0.39 is 0 Å². The molecule has 1 aromatic heterocycles. The van der Waals surface area contributed by atoms with Gasteiger partial charge in [-0.05, 0) is 18.6 Å². The molecule has 5 heteroatoms. The number of rotatable bonds is 7. The number of nitrogens with one attached hydrogen (secondary N) is 1. The highest BCUT2D eigenvalue weighted by Gasteiger charge is 2.11. The lowest BCUT2D eigenvalue weighted by atomic mass is 10.2. The molecule has 1 N–H and O–H groups in total. The molecule has 0 aromatic carbocycles. The van der Waals surface area contributed by atoms with Gasteiger partial charge in [0.05, 0.1) is 6.61 Å². The van der Waals surface area contributed by atoms with Crippen molar-refractivity contribution in [3.8, 4) is 0 Å². The molecule has 0 bridgehead atoms. The summed E-state index contributed by atoms with van der Waals surface area (Å²) in [5, 5.41) is 3.17. The maximum Gasteiger partial charge on any atom is 0.253 e. The van der Waals surface area contributed by atoms with Crippen LogP contribution in [-0.2, 0) is 4.74 Å². The molecule has 1 rings (SSSR count). The van der Waals surface area contributed by atoms with Gasteiger partial charge in [0.15, 0.2) is 0 Å². The normalized spacial score (nSPS) is 10.2. The molecule has 0 radical (unpaired) electrons. The largest absolute Gasteiger partial charge is 0.383 e. The molecule has 0 unspecified atom stereocenters. The van der Waals surface area contributed by atoms with Gasteiger partial charge in [-0.1, -0.05) is 6.92 Å². The van der Waals surface area contributed by atoms with E-state index in [9.17, 15) is 4.79 Å². The lowest BCUT2D eigenvalue weighted by Gasteiger charge is -2.16.